The van der Waals surface area contributed by atoms with E-state index in [0.29, 0.717) is 22.6 Å². The van der Waals surface area contributed by atoms with E-state index in [0.717, 1.165) is 0 Å². The second-order valence-electron chi connectivity index (χ2n) is 5.63. The monoisotopic (exact) mass is 351 g/mol. The molecule has 0 amide bonds. The Labute approximate surface area is 150 Å². The fourth-order valence-electron chi connectivity index (χ4n) is 2.39. The van der Waals surface area contributed by atoms with Crippen LogP contribution in [0.1, 0.15) is 15.9 Å². The van der Waals surface area contributed by atoms with E-state index in [1.165, 1.54) is 25.3 Å². The average molecular weight is 351 g/mol. The highest BCUT2D eigenvalue weighted by Crippen LogP contribution is 2.29. The van der Waals surface area contributed by atoms with Crippen molar-refractivity contribution < 1.29 is 14.5 Å². The number of methoxy groups -OCH3 is 1. The molecule has 0 radical (unpaired) electrons. The van der Waals surface area contributed by atoms with Gasteiger partial charge >= 0.3 is 0 Å². The minimum atomic E-state index is -0.497. The highest BCUT2D eigenvalue weighted by Gasteiger charge is 2.17. The summed E-state index contributed by atoms with van der Waals surface area (Å²) in [5.41, 5.74) is 0.913. The molecule has 0 bridgehead atoms. The van der Waals surface area contributed by atoms with E-state index in [1.54, 1.807) is 49.3 Å². The molecule has 0 N–H and O–H groups in total. The third kappa shape index (κ3) is 4.05. The van der Waals surface area contributed by atoms with Gasteiger partial charge in [0, 0.05) is 25.7 Å². The van der Waals surface area contributed by atoms with E-state index >= 15 is 0 Å². The van der Waals surface area contributed by atoms with Crippen LogP contribution in [0.25, 0.3) is 6.08 Å². The largest absolute Gasteiger partial charge is 0.497 e. The minimum absolute atomic E-state index is 0.102. The standard InChI is InChI=1S/C19H17N3O4/c1-21(2)17-8-7-13(10-18(17)22(24)25)9-15(12-20)19(23)14-5-4-6-16(11-14)26-3/h4-11H,1-3H3/b15-9+. The predicted octanol–water partition coefficient (Wildman–Crippen LogP) is 3.46. The van der Waals surface area contributed by atoms with Crippen LogP contribution in [0.15, 0.2) is 48.0 Å². The highest BCUT2D eigenvalue weighted by atomic mass is 16.6. The Balaban J connectivity index is 2.45. The number of allylic oxidation sites excluding steroid dienone is 1. The second kappa shape index (κ2) is 7.94. The second-order valence-corrected chi connectivity index (χ2v) is 5.63. The number of anilines is 1. The number of carbonyl (C=O) groups excluding carboxylic acids is 1. The van der Waals surface area contributed by atoms with Gasteiger partial charge in [0.25, 0.3) is 5.69 Å². The van der Waals surface area contributed by atoms with Gasteiger partial charge in [0.05, 0.1) is 12.0 Å². The molecule has 0 fully saturated rings. The predicted molar refractivity (Wildman–Crippen MR) is 98.3 cm³/mol. The molecule has 0 heterocycles. The molecular formula is C19H17N3O4. The van der Waals surface area contributed by atoms with Crippen LogP contribution in [0.5, 0.6) is 5.75 Å². The zero-order valence-corrected chi connectivity index (χ0v) is 14.6. The first-order chi connectivity index (χ1) is 12.4. The van der Waals surface area contributed by atoms with Crippen LogP contribution in [-0.4, -0.2) is 31.9 Å². The Morgan fingerprint density at radius 3 is 2.58 bits per heavy atom. The Morgan fingerprint density at radius 2 is 2.00 bits per heavy atom. The van der Waals surface area contributed by atoms with Gasteiger partial charge in [-0.15, -0.1) is 0 Å². The fourth-order valence-corrected chi connectivity index (χ4v) is 2.39. The summed E-state index contributed by atoms with van der Waals surface area (Å²) in [7, 11) is 4.88. The Morgan fingerprint density at radius 1 is 1.27 bits per heavy atom. The molecule has 132 valence electrons. The number of hydrogen-bond acceptors (Lipinski definition) is 6. The third-order valence-electron chi connectivity index (χ3n) is 3.69. The van der Waals surface area contributed by atoms with Crippen molar-refractivity contribution in [2.75, 3.05) is 26.1 Å². The molecule has 2 rings (SSSR count). The number of nitrogens with zero attached hydrogens (tertiary/aromatic N) is 3. The Kier molecular flexibility index (Phi) is 5.71. The van der Waals surface area contributed by atoms with Crippen molar-refractivity contribution in [3.8, 4) is 11.8 Å². The topological polar surface area (TPSA) is 96.5 Å². The van der Waals surface area contributed by atoms with Crippen LogP contribution in [0.2, 0.25) is 0 Å². The van der Waals surface area contributed by atoms with Gasteiger partial charge < -0.3 is 9.64 Å². The normalized spacial score (nSPS) is 10.8. The van der Waals surface area contributed by atoms with Crippen LogP contribution in [-0.2, 0) is 0 Å². The number of nitro groups is 1. The van der Waals surface area contributed by atoms with Crippen molar-refractivity contribution in [3.63, 3.8) is 0 Å². The summed E-state index contributed by atoms with van der Waals surface area (Å²) in [5.74, 6) is 0.0184. The molecule has 0 aromatic heterocycles. The maximum Gasteiger partial charge on any atom is 0.293 e. The highest BCUT2D eigenvalue weighted by molar-refractivity contribution is 6.14. The summed E-state index contributed by atoms with van der Waals surface area (Å²) in [4.78, 5) is 25.0. The number of rotatable bonds is 6. The zero-order chi connectivity index (χ0) is 19.3. The summed E-state index contributed by atoms with van der Waals surface area (Å²) in [6.07, 6.45) is 1.34. The van der Waals surface area contributed by atoms with Gasteiger partial charge in [-0.25, -0.2) is 0 Å². The molecule has 0 spiro atoms. The molecule has 2 aromatic rings. The van der Waals surface area contributed by atoms with Gasteiger partial charge in [0.2, 0.25) is 5.78 Å². The van der Waals surface area contributed by atoms with E-state index in [1.807, 2.05) is 6.07 Å². The van der Waals surface area contributed by atoms with Crippen molar-refractivity contribution in [2.24, 2.45) is 0 Å². The first-order valence-corrected chi connectivity index (χ1v) is 7.63. The van der Waals surface area contributed by atoms with Crippen molar-refractivity contribution in [1.82, 2.24) is 0 Å². The molecule has 7 heteroatoms. The molecule has 0 saturated heterocycles. The Hall–Kier alpha value is -3.66. The molecule has 0 unspecified atom stereocenters. The van der Waals surface area contributed by atoms with Crippen LogP contribution < -0.4 is 9.64 Å². The van der Waals surface area contributed by atoms with Crippen LogP contribution >= 0.6 is 0 Å². The molecule has 26 heavy (non-hydrogen) atoms. The number of benzene rings is 2. The SMILES string of the molecule is COc1cccc(C(=O)/C(C#N)=C/c2ccc(N(C)C)c([N+](=O)[O-])c2)c1. The summed E-state index contributed by atoms with van der Waals surface area (Å²) >= 11 is 0. The van der Waals surface area contributed by atoms with Crippen molar-refractivity contribution in [3.05, 3.63) is 69.3 Å². The summed E-state index contributed by atoms with van der Waals surface area (Å²) in [6.45, 7) is 0. The maximum atomic E-state index is 12.6. The summed E-state index contributed by atoms with van der Waals surface area (Å²) in [6, 6.07) is 12.9. The van der Waals surface area contributed by atoms with Gasteiger partial charge in [-0.3, -0.25) is 14.9 Å². The molecule has 7 nitrogen and oxygen atoms in total. The lowest BCUT2D eigenvalue weighted by molar-refractivity contribution is -0.384. The number of ether oxygens (including phenoxy) is 1. The molecule has 0 aliphatic rings. The van der Waals surface area contributed by atoms with Gasteiger partial charge in [0.15, 0.2) is 0 Å². The number of nitriles is 1. The smallest absolute Gasteiger partial charge is 0.293 e. The van der Waals surface area contributed by atoms with Crippen molar-refractivity contribution in [1.29, 1.82) is 5.26 Å². The molecular weight excluding hydrogens is 334 g/mol. The maximum absolute atomic E-state index is 12.6. The number of ketones is 1. The summed E-state index contributed by atoms with van der Waals surface area (Å²) < 4.78 is 5.08. The summed E-state index contributed by atoms with van der Waals surface area (Å²) in [5, 5.41) is 20.6. The first-order valence-electron chi connectivity index (χ1n) is 7.63. The Bertz CT molecular complexity index is 927. The first kappa shape index (κ1) is 18.7. The number of carbonyl (C=O) groups is 1. The van der Waals surface area contributed by atoms with E-state index in [9.17, 15) is 20.2 Å². The number of nitro benzene ring substituents is 1. The minimum Gasteiger partial charge on any atom is -0.497 e. The third-order valence-corrected chi connectivity index (χ3v) is 3.69. The zero-order valence-electron chi connectivity index (χ0n) is 14.6. The van der Waals surface area contributed by atoms with Gasteiger partial charge in [-0.1, -0.05) is 18.2 Å². The van der Waals surface area contributed by atoms with Crippen molar-refractivity contribution in [2.45, 2.75) is 0 Å². The van der Waals surface area contributed by atoms with Gasteiger partial charge in [-0.05, 0) is 29.8 Å². The lowest BCUT2D eigenvalue weighted by atomic mass is 10.0. The van der Waals surface area contributed by atoms with E-state index in [-0.39, 0.29) is 11.3 Å². The molecule has 2 aromatic carbocycles. The molecule has 0 aliphatic carbocycles. The molecule has 0 aliphatic heterocycles. The number of hydrogen-bond donors (Lipinski definition) is 0. The van der Waals surface area contributed by atoms with Crippen LogP contribution in [0.3, 0.4) is 0 Å². The lowest BCUT2D eigenvalue weighted by Gasteiger charge is -2.12. The van der Waals surface area contributed by atoms with E-state index in [2.05, 4.69) is 0 Å². The number of Topliss-reactive ketones (excluding diaryl/α,β-unsaturated/α-hetero) is 1. The van der Waals surface area contributed by atoms with Crippen LogP contribution in [0.4, 0.5) is 11.4 Å². The van der Waals surface area contributed by atoms with E-state index < -0.39 is 10.7 Å². The molecule has 0 atom stereocenters. The molecule has 0 saturated carbocycles. The average Bonchev–Trinajstić information content (AvgIpc) is 2.65. The van der Waals surface area contributed by atoms with Gasteiger partial charge in [-0.2, -0.15) is 5.26 Å². The van der Waals surface area contributed by atoms with Crippen LogP contribution in [0, 0.1) is 21.4 Å². The quantitative estimate of drug-likeness (QED) is 0.260. The van der Waals surface area contributed by atoms with Gasteiger partial charge in [0.1, 0.15) is 23.1 Å². The van der Waals surface area contributed by atoms with E-state index in [4.69, 9.17) is 4.74 Å². The lowest BCUT2D eigenvalue weighted by Crippen LogP contribution is -2.11. The van der Waals surface area contributed by atoms with Crippen molar-refractivity contribution >= 4 is 23.2 Å². The fraction of sp³-hybridized carbons (Fsp3) is 0.158.